The topological polar surface area (TPSA) is 56.6 Å². The van der Waals surface area contributed by atoms with Crippen molar-refractivity contribution >= 4 is 17.7 Å². The average Bonchev–Trinajstić information content (AvgIpc) is 2.77. The van der Waals surface area contributed by atoms with E-state index in [0.717, 1.165) is 30.1 Å². The number of anilines is 1. The van der Waals surface area contributed by atoms with E-state index in [-0.39, 0.29) is 11.5 Å². The molecule has 0 aliphatic carbocycles. The number of nitrogens with zero attached hydrogens (tertiary/aromatic N) is 3. The smallest absolute Gasteiger partial charge is 0.264 e. The second-order valence-electron chi connectivity index (χ2n) is 6.44. The summed E-state index contributed by atoms with van der Waals surface area (Å²) in [5, 5.41) is 9.38. The highest BCUT2D eigenvalue weighted by Crippen LogP contribution is 2.21. The van der Waals surface area contributed by atoms with E-state index < -0.39 is 0 Å². The Kier molecular flexibility index (Phi) is 6.48. The van der Waals surface area contributed by atoms with Crippen molar-refractivity contribution < 1.29 is 9.53 Å². The molecule has 1 aliphatic rings. The van der Waals surface area contributed by atoms with Crippen molar-refractivity contribution in [1.82, 2.24) is 4.90 Å². The van der Waals surface area contributed by atoms with Crippen molar-refractivity contribution in [3.8, 4) is 11.8 Å². The van der Waals surface area contributed by atoms with Crippen LogP contribution in [0, 0.1) is 11.3 Å². The highest BCUT2D eigenvalue weighted by molar-refractivity contribution is 5.97. The van der Waals surface area contributed by atoms with E-state index in [4.69, 9.17) is 4.74 Å². The van der Waals surface area contributed by atoms with Crippen molar-refractivity contribution in [2.75, 3.05) is 38.2 Å². The predicted octanol–water partition coefficient (Wildman–Crippen LogP) is 3.51. The SMILES string of the molecule is COc1ccc(N2CCN(C(=O)/C(C#N)=C/C=C/c3ccccc3)CC2)cc1. The molecule has 2 aromatic carbocycles. The number of hydrogen-bond acceptors (Lipinski definition) is 4. The first-order chi connectivity index (χ1) is 13.7. The zero-order valence-corrected chi connectivity index (χ0v) is 15.9. The van der Waals surface area contributed by atoms with Crippen LogP contribution in [-0.2, 0) is 4.79 Å². The standard InChI is InChI=1S/C23H23N3O2/c1-28-22-12-10-21(11-13-22)25-14-16-26(17-15-25)23(27)20(18-24)9-5-8-19-6-3-2-4-7-19/h2-13H,14-17H2,1H3/b8-5+,20-9+. The number of ether oxygens (including phenoxy) is 1. The first-order valence-electron chi connectivity index (χ1n) is 9.23. The second-order valence-corrected chi connectivity index (χ2v) is 6.44. The maximum atomic E-state index is 12.7. The fraction of sp³-hybridized carbons (Fsp3) is 0.217. The summed E-state index contributed by atoms with van der Waals surface area (Å²) in [5.41, 5.74) is 2.29. The van der Waals surface area contributed by atoms with Crippen molar-refractivity contribution in [2.24, 2.45) is 0 Å². The molecule has 0 radical (unpaired) electrons. The van der Waals surface area contributed by atoms with Gasteiger partial charge in [0.25, 0.3) is 5.91 Å². The van der Waals surface area contributed by atoms with Gasteiger partial charge in [0.15, 0.2) is 0 Å². The lowest BCUT2D eigenvalue weighted by atomic mass is 10.1. The quantitative estimate of drug-likeness (QED) is 0.457. The first-order valence-corrected chi connectivity index (χ1v) is 9.23. The Morgan fingerprint density at radius 2 is 1.71 bits per heavy atom. The van der Waals surface area contributed by atoms with Gasteiger partial charge in [0.2, 0.25) is 0 Å². The third-order valence-corrected chi connectivity index (χ3v) is 4.71. The molecule has 0 N–H and O–H groups in total. The Bertz CT molecular complexity index is 888. The van der Waals surface area contributed by atoms with Gasteiger partial charge in [-0.25, -0.2) is 0 Å². The van der Waals surface area contributed by atoms with Crippen LogP contribution in [-0.4, -0.2) is 44.1 Å². The Balaban J connectivity index is 1.59. The molecule has 2 aromatic rings. The van der Waals surface area contributed by atoms with Gasteiger partial charge >= 0.3 is 0 Å². The molecule has 0 atom stereocenters. The molecule has 0 spiro atoms. The third kappa shape index (κ3) is 4.80. The van der Waals surface area contributed by atoms with Gasteiger partial charge in [0.05, 0.1) is 7.11 Å². The lowest BCUT2D eigenvalue weighted by Crippen LogP contribution is -2.49. The molecule has 0 saturated carbocycles. The maximum Gasteiger partial charge on any atom is 0.264 e. The molecule has 28 heavy (non-hydrogen) atoms. The number of carbonyl (C=O) groups excluding carboxylic acids is 1. The molecule has 1 aliphatic heterocycles. The molecule has 1 saturated heterocycles. The van der Waals surface area contributed by atoms with Gasteiger partial charge in [-0.15, -0.1) is 0 Å². The molecule has 3 rings (SSSR count). The molecule has 1 amide bonds. The number of allylic oxidation sites excluding steroid dienone is 2. The number of carbonyl (C=O) groups is 1. The fourth-order valence-corrected chi connectivity index (χ4v) is 3.11. The molecule has 0 bridgehead atoms. The normalized spacial score (nSPS) is 14.8. The van der Waals surface area contributed by atoms with Gasteiger partial charge in [-0.05, 0) is 35.9 Å². The van der Waals surface area contributed by atoms with Gasteiger partial charge < -0.3 is 14.5 Å². The monoisotopic (exact) mass is 373 g/mol. The number of nitriles is 1. The van der Waals surface area contributed by atoms with Gasteiger partial charge in [-0.2, -0.15) is 5.26 Å². The number of hydrogen-bond donors (Lipinski definition) is 0. The molecule has 5 heteroatoms. The number of benzene rings is 2. The second kappa shape index (κ2) is 9.43. The Morgan fingerprint density at radius 3 is 2.32 bits per heavy atom. The van der Waals surface area contributed by atoms with Crippen LogP contribution in [0.25, 0.3) is 6.08 Å². The summed E-state index contributed by atoms with van der Waals surface area (Å²) in [6.07, 6.45) is 5.22. The number of amides is 1. The largest absolute Gasteiger partial charge is 0.497 e. The van der Waals surface area contributed by atoms with E-state index >= 15 is 0 Å². The van der Waals surface area contributed by atoms with Gasteiger partial charge in [-0.3, -0.25) is 4.79 Å². The van der Waals surface area contributed by atoms with Crippen LogP contribution in [0.1, 0.15) is 5.56 Å². The van der Waals surface area contributed by atoms with Crippen molar-refractivity contribution in [2.45, 2.75) is 0 Å². The summed E-state index contributed by atoms with van der Waals surface area (Å²) in [4.78, 5) is 16.6. The van der Waals surface area contributed by atoms with E-state index in [1.165, 1.54) is 0 Å². The van der Waals surface area contributed by atoms with Crippen LogP contribution in [0.15, 0.2) is 72.3 Å². The van der Waals surface area contributed by atoms with E-state index in [1.807, 2.05) is 66.7 Å². The molecular weight excluding hydrogens is 350 g/mol. The van der Waals surface area contributed by atoms with Crippen LogP contribution in [0.2, 0.25) is 0 Å². The maximum absolute atomic E-state index is 12.7. The summed E-state index contributed by atoms with van der Waals surface area (Å²) >= 11 is 0. The average molecular weight is 373 g/mol. The fourth-order valence-electron chi connectivity index (χ4n) is 3.11. The van der Waals surface area contributed by atoms with Crippen molar-refractivity contribution in [3.05, 3.63) is 77.9 Å². The summed E-state index contributed by atoms with van der Waals surface area (Å²) in [5.74, 6) is 0.611. The minimum atomic E-state index is -0.213. The molecule has 1 fully saturated rings. The van der Waals surface area contributed by atoms with Crippen LogP contribution >= 0.6 is 0 Å². The Morgan fingerprint density at radius 1 is 1.04 bits per heavy atom. The number of piperazine rings is 1. The summed E-state index contributed by atoms with van der Waals surface area (Å²) < 4.78 is 5.19. The van der Waals surface area contributed by atoms with E-state index in [1.54, 1.807) is 24.2 Å². The molecule has 0 aromatic heterocycles. The predicted molar refractivity (Wildman–Crippen MR) is 111 cm³/mol. The zero-order chi connectivity index (χ0) is 19.8. The molecule has 0 unspecified atom stereocenters. The number of rotatable bonds is 5. The summed E-state index contributed by atoms with van der Waals surface area (Å²) in [6.45, 7) is 2.64. The van der Waals surface area contributed by atoms with Crippen LogP contribution < -0.4 is 9.64 Å². The van der Waals surface area contributed by atoms with E-state index in [0.29, 0.717) is 13.1 Å². The lowest BCUT2D eigenvalue weighted by Gasteiger charge is -2.36. The van der Waals surface area contributed by atoms with Crippen molar-refractivity contribution in [3.63, 3.8) is 0 Å². The number of methoxy groups -OCH3 is 1. The van der Waals surface area contributed by atoms with Crippen LogP contribution in [0.3, 0.4) is 0 Å². The van der Waals surface area contributed by atoms with Gasteiger partial charge in [0, 0.05) is 31.9 Å². The van der Waals surface area contributed by atoms with Crippen LogP contribution in [0.4, 0.5) is 5.69 Å². The van der Waals surface area contributed by atoms with Crippen LogP contribution in [0.5, 0.6) is 5.75 Å². The molecule has 142 valence electrons. The summed E-state index contributed by atoms with van der Waals surface area (Å²) in [7, 11) is 1.65. The lowest BCUT2D eigenvalue weighted by molar-refractivity contribution is -0.127. The highest BCUT2D eigenvalue weighted by Gasteiger charge is 2.23. The Labute approximate surface area is 165 Å². The van der Waals surface area contributed by atoms with Gasteiger partial charge in [-0.1, -0.05) is 42.5 Å². The molecular formula is C23H23N3O2. The zero-order valence-electron chi connectivity index (χ0n) is 15.9. The van der Waals surface area contributed by atoms with E-state index in [9.17, 15) is 10.1 Å². The molecule has 1 heterocycles. The Hall–Kier alpha value is -3.52. The highest BCUT2D eigenvalue weighted by atomic mass is 16.5. The van der Waals surface area contributed by atoms with Gasteiger partial charge in [0.1, 0.15) is 17.4 Å². The van der Waals surface area contributed by atoms with E-state index in [2.05, 4.69) is 4.90 Å². The molecule has 5 nitrogen and oxygen atoms in total. The minimum Gasteiger partial charge on any atom is -0.497 e. The van der Waals surface area contributed by atoms with Crippen molar-refractivity contribution in [1.29, 1.82) is 5.26 Å². The summed E-state index contributed by atoms with van der Waals surface area (Å²) in [6, 6.07) is 19.7. The minimum absolute atomic E-state index is 0.157. The first kappa shape index (κ1) is 19.2. The third-order valence-electron chi connectivity index (χ3n) is 4.71.